The maximum atomic E-state index is 12.2. The lowest BCUT2D eigenvalue weighted by Gasteiger charge is -2.18. The molecule has 0 bridgehead atoms. The fourth-order valence-corrected chi connectivity index (χ4v) is 3.49. The zero-order valence-corrected chi connectivity index (χ0v) is 13.3. The third kappa shape index (κ3) is 4.76. The van der Waals surface area contributed by atoms with Crippen molar-refractivity contribution in [1.29, 1.82) is 0 Å². The molecule has 3 N–H and O–H groups in total. The summed E-state index contributed by atoms with van der Waals surface area (Å²) in [7, 11) is -3.62. The van der Waals surface area contributed by atoms with Crippen LogP contribution in [-0.4, -0.2) is 26.2 Å². The average molecular weight is 312 g/mol. The highest BCUT2D eigenvalue weighted by Gasteiger charge is 2.26. The third-order valence-electron chi connectivity index (χ3n) is 2.60. The van der Waals surface area contributed by atoms with Crippen molar-refractivity contribution in [3.05, 3.63) is 11.5 Å². The van der Waals surface area contributed by atoms with Crippen molar-refractivity contribution in [2.45, 2.75) is 45.1 Å². The van der Waals surface area contributed by atoms with E-state index in [0.717, 1.165) is 0 Å². The second kappa shape index (κ2) is 7.23. The van der Waals surface area contributed by atoms with Gasteiger partial charge in [0.15, 0.2) is 5.76 Å². The van der Waals surface area contributed by atoms with Crippen molar-refractivity contribution >= 4 is 22.4 Å². The number of rotatable bonds is 6. The van der Waals surface area contributed by atoms with E-state index >= 15 is 0 Å². The van der Waals surface area contributed by atoms with Crippen LogP contribution in [0.15, 0.2) is 9.42 Å². The number of aromatic nitrogens is 1. The Balaban J connectivity index is 0.00000324. The van der Waals surface area contributed by atoms with E-state index in [2.05, 4.69) is 9.88 Å². The lowest BCUT2D eigenvalue weighted by molar-refractivity contribution is 0.390. The van der Waals surface area contributed by atoms with Crippen LogP contribution >= 0.6 is 12.4 Å². The van der Waals surface area contributed by atoms with Gasteiger partial charge in [-0.2, -0.15) is 0 Å². The minimum atomic E-state index is -3.62. The van der Waals surface area contributed by atoms with Crippen LogP contribution in [0, 0.1) is 19.8 Å². The van der Waals surface area contributed by atoms with E-state index in [-0.39, 0.29) is 29.9 Å². The van der Waals surface area contributed by atoms with Gasteiger partial charge in [-0.15, -0.1) is 12.4 Å². The van der Waals surface area contributed by atoms with Gasteiger partial charge in [-0.05, 0) is 26.2 Å². The molecular formula is C11H22ClN3O3S. The Bertz CT molecular complexity index is 480. The number of nitrogens with zero attached hydrogens (tertiary/aromatic N) is 1. The first-order chi connectivity index (χ1) is 8.27. The van der Waals surface area contributed by atoms with Gasteiger partial charge in [0.1, 0.15) is 10.6 Å². The molecule has 1 aromatic heterocycles. The van der Waals surface area contributed by atoms with Crippen molar-refractivity contribution in [3.8, 4) is 0 Å². The number of nitrogens with one attached hydrogen (secondary N) is 1. The third-order valence-corrected chi connectivity index (χ3v) is 4.36. The molecule has 0 saturated carbocycles. The summed E-state index contributed by atoms with van der Waals surface area (Å²) >= 11 is 0. The maximum Gasteiger partial charge on any atom is 0.246 e. The molecule has 1 heterocycles. The SMILES string of the molecule is Cc1noc(C)c1S(=O)(=O)NC(CN)CC(C)C.Cl. The first-order valence-corrected chi connectivity index (χ1v) is 7.41. The number of halogens is 1. The topological polar surface area (TPSA) is 98.2 Å². The van der Waals surface area contributed by atoms with E-state index < -0.39 is 10.0 Å². The fourth-order valence-electron chi connectivity index (χ4n) is 1.90. The van der Waals surface area contributed by atoms with Crippen LogP contribution in [0.1, 0.15) is 31.7 Å². The van der Waals surface area contributed by atoms with Crippen LogP contribution in [0.2, 0.25) is 0 Å². The van der Waals surface area contributed by atoms with Gasteiger partial charge in [0.2, 0.25) is 10.0 Å². The monoisotopic (exact) mass is 311 g/mol. The summed E-state index contributed by atoms with van der Waals surface area (Å²) in [6.45, 7) is 7.49. The average Bonchev–Trinajstić information content (AvgIpc) is 2.56. The van der Waals surface area contributed by atoms with E-state index in [9.17, 15) is 8.42 Å². The summed E-state index contributed by atoms with van der Waals surface area (Å²) in [5.74, 6) is 0.659. The Morgan fingerprint density at radius 3 is 2.32 bits per heavy atom. The number of aryl methyl sites for hydroxylation is 2. The van der Waals surface area contributed by atoms with Gasteiger partial charge >= 0.3 is 0 Å². The minimum absolute atomic E-state index is 0. The number of sulfonamides is 1. The molecule has 1 rings (SSSR count). The first-order valence-electron chi connectivity index (χ1n) is 5.93. The minimum Gasteiger partial charge on any atom is -0.360 e. The van der Waals surface area contributed by atoms with Gasteiger partial charge in [0.05, 0.1) is 0 Å². The summed E-state index contributed by atoms with van der Waals surface area (Å²) in [4.78, 5) is 0.115. The quantitative estimate of drug-likeness (QED) is 0.826. The molecule has 0 saturated heterocycles. The molecular weight excluding hydrogens is 290 g/mol. The van der Waals surface area contributed by atoms with Gasteiger partial charge in [-0.1, -0.05) is 19.0 Å². The Kier molecular flexibility index (Phi) is 6.99. The molecule has 19 heavy (non-hydrogen) atoms. The van der Waals surface area contributed by atoms with Crippen molar-refractivity contribution < 1.29 is 12.9 Å². The van der Waals surface area contributed by atoms with E-state index in [1.807, 2.05) is 13.8 Å². The zero-order chi connectivity index (χ0) is 13.9. The Hall–Kier alpha value is -0.630. The van der Waals surface area contributed by atoms with Gasteiger partial charge in [-0.25, -0.2) is 13.1 Å². The molecule has 1 atom stereocenters. The summed E-state index contributed by atoms with van der Waals surface area (Å²) in [5.41, 5.74) is 5.95. The number of hydrogen-bond donors (Lipinski definition) is 2. The van der Waals surface area contributed by atoms with Crippen molar-refractivity contribution in [2.24, 2.45) is 11.7 Å². The highest BCUT2D eigenvalue weighted by atomic mass is 35.5. The molecule has 1 aromatic rings. The largest absolute Gasteiger partial charge is 0.360 e. The molecule has 0 aliphatic carbocycles. The van der Waals surface area contributed by atoms with Crippen molar-refractivity contribution in [2.75, 3.05) is 6.54 Å². The molecule has 0 aromatic carbocycles. The molecule has 0 aliphatic heterocycles. The Morgan fingerprint density at radius 2 is 1.95 bits per heavy atom. The summed E-state index contributed by atoms with van der Waals surface area (Å²) < 4.78 is 31.9. The lowest BCUT2D eigenvalue weighted by atomic mass is 10.1. The van der Waals surface area contributed by atoms with Crippen molar-refractivity contribution in [3.63, 3.8) is 0 Å². The summed E-state index contributed by atoms with van der Waals surface area (Å²) in [5, 5.41) is 3.65. The number of hydrogen-bond acceptors (Lipinski definition) is 5. The normalized spacial score (nSPS) is 13.4. The lowest BCUT2D eigenvalue weighted by Crippen LogP contribution is -2.41. The molecule has 8 heteroatoms. The zero-order valence-electron chi connectivity index (χ0n) is 11.6. The van der Waals surface area contributed by atoms with Crippen molar-refractivity contribution in [1.82, 2.24) is 9.88 Å². The Morgan fingerprint density at radius 1 is 1.37 bits per heavy atom. The molecule has 6 nitrogen and oxygen atoms in total. The second-order valence-electron chi connectivity index (χ2n) is 4.84. The van der Waals surface area contributed by atoms with Crippen LogP contribution in [0.4, 0.5) is 0 Å². The first kappa shape index (κ1) is 18.4. The predicted octanol–water partition coefficient (Wildman–Crippen LogP) is 1.36. The molecule has 112 valence electrons. The standard InChI is InChI=1S/C11H21N3O3S.ClH/c1-7(2)5-10(6-12)14-18(15,16)11-8(3)13-17-9(11)4;/h7,10,14H,5-6,12H2,1-4H3;1H. The molecule has 0 aliphatic rings. The smallest absolute Gasteiger partial charge is 0.246 e. The molecule has 0 amide bonds. The van der Waals surface area contributed by atoms with Gasteiger partial charge in [-0.3, -0.25) is 0 Å². The second-order valence-corrected chi connectivity index (χ2v) is 6.49. The van der Waals surface area contributed by atoms with Gasteiger partial charge in [0.25, 0.3) is 0 Å². The van der Waals surface area contributed by atoms with Crippen LogP contribution in [0.25, 0.3) is 0 Å². The van der Waals surface area contributed by atoms with Crippen LogP contribution in [-0.2, 0) is 10.0 Å². The molecule has 0 fully saturated rings. The van der Waals surface area contributed by atoms with Crippen LogP contribution in [0.5, 0.6) is 0 Å². The molecule has 0 radical (unpaired) electrons. The maximum absolute atomic E-state index is 12.2. The highest BCUT2D eigenvalue weighted by molar-refractivity contribution is 7.89. The molecule has 0 spiro atoms. The highest BCUT2D eigenvalue weighted by Crippen LogP contribution is 2.19. The van der Waals surface area contributed by atoms with E-state index in [1.165, 1.54) is 0 Å². The number of nitrogens with two attached hydrogens (primary N) is 1. The summed E-state index contributed by atoms with van der Waals surface area (Å²) in [6.07, 6.45) is 0.694. The summed E-state index contributed by atoms with van der Waals surface area (Å²) in [6, 6.07) is -0.274. The van der Waals surface area contributed by atoms with Crippen LogP contribution in [0.3, 0.4) is 0 Å². The fraction of sp³-hybridized carbons (Fsp3) is 0.727. The van der Waals surface area contributed by atoms with E-state index in [1.54, 1.807) is 13.8 Å². The van der Waals surface area contributed by atoms with Gasteiger partial charge < -0.3 is 10.3 Å². The van der Waals surface area contributed by atoms with E-state index in [0.29, 0.717) is 23.8 Å². The Labute approximate surface area is 120 Å². The van der Waals surface area contributed by atoms with Crippen LogP contribution < -0.4 is 10.5 Å². The van der Waals surface area contributed by atoms with E-state index in [4.69, 9.17) is 10.3 Å². The van der Waals surface area contributed by atoms with Gasteiger partial charge in [0, 0.05) is 12.6 Å². The predicted molar refractivity (Wildman–Crippen MR) is 75.8 cm³/mol. The molecule has 1 unspecified atom stereocenters.